The molecule has 0 aromatic carbocycles. The molecule has 2 N–H and O–H groups in total. The number of nitrogens with zero attached hydrogens (tertiary/aromatic N) is 2. The van der Waals surface area contributed by atoms with E-state index in [2.05, 4.69) is 15.6 Å². The highest BCUT2D eigenvalue weighted by Crippen LogP contribution is 2.21. The summed E-state index contributed by atoms with van der Waals surface area (Å²) < 4.78 is 5.45. The Kier molecular flexibility index (Phi) is 8.01. The fraction of sp³-hybridized carbons (Fsp3) is 0.833. The molecule has 25 heavy (non-hydrogen) atoms. The molecule has 2 rings (SSSR count). The number of rotatable bonds is 7. The van der Waals surface area contributed by atoms with Gasteiger partial charge in [-0.3, -0.25) is 14.6 Å². The molecule has 0 bridgehead atoms. The first-order valence-corrected chi connectivity index (χ1v) is 9.56. The van der Waals surface area contributed by atoms with Crippen molar-refractivity contribution in [1.29, 1.82) is 0 Å². The van der Waals surface area contributed by atoms with Crippen LogP contribution in [0.25, 0.3) is 0 Å². The van der Waals surface area contributed by atoms with Gasteiger partial charge in [-0.15, -0.1) is 0 Å². The van der Waals surface area contributed by atoms with Gasteiger partial charge in [-0.2, -0.15) is 0 Å². The highest BCUT2D eigenvalue weighted by atomic mass is 16.5. The van der Waals surface area contributed by atoms with Crippen LogP contribution in [-0.4, -0.2) is 61.6 Å². The first-order valence-electron chi connectivity index (χ1n) is 9.56. The minimum atomic E-state index is -0.0961. The third kappa shape index (κ3) is 6.55. The van der Waals surface area contributed by atoms with Crippen LogP contribution >= 0.6 is 0 Å². The molecule has 1 heterocycles. The first kappa shape index (κ1) is 19.5. The quantitative estimate of drug-likeness (QED) is 0.313. The van der Waals surface area contributed by atoms with Gasteiger partial charge in [0.15, 0.2) is 5.96 Å². The summed E-state index contributed by atoms with van der Waals surface area (Å²) >= 11 is 0. The molecule has 142 valence electrons. The summed E-state index contributed by atoms with van der Waals surface area (Å²) in [5.41, 5.74) is 0. The van der Waals surface area contributed by atoms with Gasteiger partial charge in [0.1, 0.15) is 6.10 Å². The molecule has 1 aliphatic heterocycles. The minimum Gasteiger partial charge on any atom is -0.462 e. The van der Waals surface area contributed by atoms with E-state index in [9.17, 15) is 9.59 Å². The predicted octanol–water partition coefficient (Wildman–Crippen LogP) is 1.43. The lowest BCUT2D eigenvalue weighted by atomic mass is 10.2. The van der Waals surface area contributed by atoms with Crippen molar-refractivity contribution in [2.45, 2.75) is 70.4 Å². The van der Waals surface area contributed by atoms with Crippen molar-refractivity contribution in [2.75, 3.05) is 26.7 Å². The molecule has 7 heteroatoms. The van der Waals surface area contributed by atoms with E-state index in [1.54, 1.807) is 7.05 Å². The topological polar surface area (TPSA) is 83.0 Å². The highest BCUT2D eigenvalue weighted by Gasteiger charge is 2.25. The van der Waals surface area contributed by atoms with Crippen LogP contribution in [0.1, 0.15) is 58.3 Å². The standard InChI is InChI=1S/C18H32N4O3/c1-3-16(23)22-12-10-14(13-22)21-18(19-2)20-11-6-9-17(24)25-15-7-4-5-8-15/h14-15H,3-13H2,1-2H3,(H2,19,20,21). The Morgan fingerprint density at radius 2 is 2.00 bits per heavy atom. The number of esters is 1. The van der Waals surface area contributed by atoms with E-state index < -0.39 is 0 Å². The van der Waals surface area contributed by atoms with Crippen LogP contribution in [0.15, 0.2) is 4.99 Å². The Hall–Kier alpha value is -1.79. The number of likely N-dealkylation sites (tertiary alicyclic amines) is 1. The SMILES string of the molecule is CCC(=O)N1CCC(NC(=NC)NCCCC(=O)OC2CCCC2)C1. The maximum Gasteiger partial charge on any atom is 0.306 e. The average Bonchev–Trinajstić information content (AvgIpc) is 3.28. The van der Waals surface area contributed by atoms with Gasteiger partial charge in [0, 0.05) is 45.6 Å². The van der Waals surface area contributed by atoms with Gasteiger partial charge >= 0.3 is 5.97 Å². The molecular weight excluding hydrogens is 320 g/mol. The molecular formula is C18H32N4O3. The van der Waals surface area contributed by atoms with E-state index in [4.69, 9.17) is 4.74 Å². The number of aliphatic imine (C=N–C) groups is 1. The number of ether oxygens (including phenoxy) is 1. The number of carbonyl (C=O) groups is 2. The van der Waals surface area contributed by atoms with E-state index in [-0.39, 0.29) is 24.0 Å². The number of hydrogen-bond acceptors (Lipinski definition) is 4. The third-order valence-corrected chi connectivity index (χ3v) is 4.86. The van der Waals surface area contributed by atoms with Crippen LogP contribution in [0.3, 0.4) is 0 Å². The van der Waals surface area contributed by atoms with Gasteiger partial charge in [-0.25, -0.2) is 0 Å². The predicted molar refractivity (Wildman–Crippen MR) is 97.4 cm³/mol. The smallest absolute Gasteiger partial charge is 0.306 e. The Labute approximate surface area is 150 Å². The molecule has 1 aliphatic carbocycles. The number of guanidine groups is 1. The summed E-state index contributed by atoms with van der Waals surface area (Å²) in [4.78, 5) is 29.6. The maximum absolute atomic E-state index is 11.8. The number of carbonyl (C=O) groups excluding carboxylic acids is 2. The molecule has 0 aromatic heterocycles. The zero-order valence-corrected chi connectivity index (χ0v) is 15.6. The molecule has 1 atom stereocenters. The molecule has 0 aromatic rings. The second-order valence-corrected chi connectivity index (χ2v) is 6.82. The second-order valence-electron chi connectivity index (χ2n) is 6.82. The van der Waals surface area contributed by atoms with Crippen molar-refractivity contribution >= 4 is 17.8 Å². The summed E-state index contributed by atoms with van der Waals surface area (Å²) in [7, 11) is 1.73. The maximum atomic E-state index is 11.8. The van der Waals surface area contributed by atoms with Crippen molar-refractivity contribution < 1.29 is 14.3 Å². The van der Waals surface area contributed by atoms with Crippen molar-refractivity contribution in [1.82, 2.24) is 15.5 Å². The molecule has 1 saturated heterocycles. The molecule has 7 nitrogen and oxygen atoms in total. The van der Waals surface area contributed by atoms with Crippen LogP contribution < -0.4 is 10.6 Å². The molecule has 2 fully saturated rings. The Balaban J connectivity index is 1.59. The Morgan fingerprint density at radius 1 is 1.24 bits per heavy atom. The summed E-state index contributed by atoms with van der Waals surface area (Å²) in [5, 5.41) is 6.58. The fourth-order valence-electron chi connectivity index (χ4n) is 3.41. The number of nitrogens with one attached hydrogen (secondary N) is 2. The van der Waals surface area contributed by atoms with E-state index in [1.165, 1.54) is 12.8 Å². The Bertz CT molecular complexity index is 475. The third-order valence-electron chi connectivity index (χ3n) is 4.86. The molecule has 1 saturated carbocycles. The molecule has 0 spiro atoms. The van der Waals surface area contributed by atoms with E-state index in [0.717, 1.165) is 44.7 Å². The summed E-state index contributed by atoms with van der Waals surface area (Å²) in [6.45, 7) is 4.08. The lowest BCUT2D eigenvalue weighted by Crippen LogP contribution is -2.45. The summed E-state index contributed by atoms with van der Waals surface area (Å²) in [6, 6.07) is 0.231. The normalized spacial score (nSPS) is 21.4. The van der Waals surface area contributed by atoms with E-state index in [1.807, 2.05) is 11.8 Å². The van der Waals surface area contributed by atoms with Gasteiger partial charge in [0.05, 0.1) is 0 Å². The lowest BCUT2D eigenvalue weighted by Gasteiger charge is -2.18. The van der Waals surface area contributed by atoms with E-state index >= 15 is 0 Å². The number of hydrogen-bond donors (Lipinski definition) is 2. The van der Waals surface area contributed by atoms with Crippen LogP contribution in [-0.2, 0) is 14.3 Å². The van der Waals surface area contributed by atoms with Gasteiger partial charge < -0.3 is 20.3 Å². The second kappa shape index (κ2) is 10.3. The zero-order chi connectivity index (χ0) is 18.1. The lowest BCUT2D eigenvalue weighted by molar-refractivity contribution is -0.148. The van der Waals surface area contributed by atoms with Gasteiger partial charge in [0.2, 0.25) is 5.91 Å². The average molecular weight is 352 g/mol. The molecule has 1 unspecified atom stereocenters. The zero-order valence-electron chi connectivity index (χ0n) is 15.6. The molecule has 2 aliphatic rings. The van der Waals surface area contributed by atoms with Crippen molar-refractivity contribution in [2.24, 2.45) is 4.99 Å². The number of amides is 1. The fourth-order valence-corrected chi connectivity index (χ4v) is 3.41. The van der Waals surface area contributed by atoms with Crippen LogP contribution in [0, 0.1) is 0 Å². The van der Waals surface area contributed by atoms with Crippen LogP contribution in [0.5, 0.6) is 0 Å². The molecule has 0 radical (unpaired) electrons. The minimum absolute atomic E-state index is 0.0961. The Morgan fingerprint density at radius 3 is 2.68 bits per heavy atom. The summed E-state index contributed by atoms with van der Waals surface area (Å²) in [5.74, 6) is 0.828. The van der Waals surface area contributed by atoms with Gasteiger partial charge in [-0.05, 0) is 38.5 Å². The summed E-state index contributed by atoms with van der Waals surface area (Å²) in [6.07, 6.45) is 7.15. The van der Waals surface area contributed by atoms with Gasteiger partial charge in [-0.1, -0.05) is 6.92 Å². The van der Waals surface area contributed by atoms with Gasteiger partial charge in [0.25, 0.3) is 0 Å². The van der Waals surface area contributed by atoms with Crippen LogP contribution in [0.4, 0.5) is 0 Å². The largest absolute Gasteiger partial charge is 0.462 e. The van der Waals surface area contributed by atoms with Crippen molar-refractivity contribution in [3.05, 3.63) is 0 Å². The monoisotopic (exact) mass is 352 g/mol. The first-order chi connectivity index (χ1) is 12.1. The van der Waals surface area contributed by atoms with E-state index in [0.29, 0.717) is 19.4 Å². The van der Waals surface area contributed by atoms with Crippen LogP contribution in [0.2, 0.25) is 0 Å². The van der Waals surface area contributed by atoms with Crippen molar-refractivity contribution in [3.8, 4) is 0 Å². The van der Waals surface area contributed by atoms with Crippen molar-refractivity contribution in [3.63, 3.8) is 0 Å². The highest BCUT2D eigenvalue weighted by molar-refractivity contribution is 5.80. The molecule has 1 amide bonds.